The van der Waals surface area contributed by atoms with Gasteiger partial charge in [0.25, 0.3) is 0 Å². The van der Waals surface area contributed by atoms with E-state index in [1.807, 2.05) is 0 Å². The van der Waals surface area contributed by atoms with Crippen LogP contribution in [0.4, 0.5) is 0 Å². The van der Waals surface area contributed by atoms with E-state index in [1.54, 1.807) is 13.0 Å². The van der Waals surface area contributed by atoms with Crippen LogP contribution in [0.2, 0.25) is 0 Å². The van der Waals surface area contributed by atoms with Crippen molar-refractivity contribution in [3.05, 3.63) is 36.1 Å². The van der Waals surface area contributed by atoms with Crippen molar-refractivity contribution in [1.29, 1.82) is 0 Å². The summed E-state index contributed by atoms with van der Waals surface area (Å²) in [5.41, 5.74) is 5.35. The molecule has 0 aromatic carbocycles. The maximum atomic E-state index is 10.3. The van der Waals surface area contributed by atoms with Crippen LogP contribution in [-0.2, 0) is 4.79 Å². The van der Waals surface area contributed by atoms with Gasteiger partial charge < -0.3 is 10.8 Å². The molecule has 1 amide bonds. The monoisotopic (exact) mass is 153 g/mol. The number of hydrogen-bond acceptors (Lipinski definition) is 2. The molecule has 0 radical (unpaired) electrons. The minimum Gasteiger partial charge on any atom is -0.507 e. The first-order chi connectivity index (χ1) is 5.07. The van der Waals surface area contributed by atoms with E-state index in [0.717, 1.165) is 6.08 Å². The fourth-order valence-corrected chi connectivity index (χ4v) is 0.511. The van der Waals surface area contributed by atoms with Crippen LogP contribution in [0.5, 0.6) is 0 Å². The predicted molar refractivity (Wildman–Crippen MR) is 43.9 cm³/mol. The Labute approximate surface area is 65.5 Å². The van der Waals surface area contributed by atoms with Gasteiger partial charge in [0, 0.05) is 6.08 Å². The Morgan fingerprint density at radius 2 is 2.18 bits per heavy atom. The number of primary amides is 1. The minimum absolute atomic E-state index is 0.127. The number of rotatable bonds is 3. The van der Waals surface area contributed by atoms with Crippen molar-refractivity contribution in [3.63, 3.8) is 0 Å². The van der Waals surface area contributed by atoms with Gasteiger partial charge in [-0.2, -0.15) is 0 Å². The van der Waals surface area contributed by atoms with Crippen LogP contribution in [0.15, 0.2) is 36.1 Å². The summed E-state index contributed by atoms with van der Waals surface area (Å²) in [4.78, 5) is 10.3. The van der Waals surface area contributed by atoms with Gasteiger partial charge in [-0.15, -0.1) is 0 Å². The molecule has 0 rings (SSSR count). The molecule has 0 bridgehead atoms. The van der Waals surface area contributed by atoms with Crippen molar-refractivity contribution in [2.24, 2.45) is 5.73 Å². The largest absolute Gasteiger partial charge is 0.507 e. The van der Waals surface area contributed by atoms with Gasteiger partial charge in [-0.05, 0) is 12.5 Å². The highest BCUT2D eigenvalue weighted by atomic mass is 16.3. The summed E-state index contributed by atoms with van der Waals surface area (Å²) in [6.45, 7) is 5.08. The molecule has 0 heterocycles. The third-order valence-corrected chi connectivity index (χ3v) is 1.05. The molecule has 0 aliphatic rings. The molecule has 0 atom stereocenters. The molecule has 0 unspecified atom stereocenters. The Bertz CT molecular complexity index is 226. The fraction of sp³-hybridized carbons (Fsp3) is 0.125. The number of carbonyl (C=O) groups excluding carboxylic acids is 1. The standard InChI is InChI=1S/C8H11NO2/c1-3-4-6(2)7(10)5-8(9)11/h3-5,10H,1H2,2H3,(H2,9,11)/b6-4+,7-5?. The van der Waals surface area contributed by atoms with E-state index in [1.165, 1.54) is 6.08 Å². The van der Waals surface area contributed by atoms with E-state index in [9.17, 15) is 4.79 Å². The summed E-state index contributed by atoms with van der Waals surface area (Å²) >= 11 is 0. The van der Waals surface area contributed by atoms with Crippen LogP contribution >= 0.6 is 0 Å². The van der Waals surface area contributed by atoms with Crippen molar-refractivity contribution < 1.29 is 9.90 Å². The average molecular weight is 153 g/mol. The molecule has 0 aliphatic carbocycles. The van der Waals surface area contributed by atoms with Crippen molar-refractivity contribution in [1.82, 2.24) is 0 Å². The first kappa shape index (κ1) is 9.49. The van der Waals surface area contributed by atoms with E-state index in [2.05, 4.69) is 6.58 Å². The Balaban J connectivity index is 4.47. The highest BCUT2D eigenvalue weighted by Crippen LogP contribution is 2.03. The van der Waals surface area contributed by atoms with Gasteiger partial charge >= 0.3 is 0 Å². The first-order valence-electron chi connectivity index (χ1n) is 3.07. The Kier molecular flexibility index (Phi) is 3.73. The van der Waals surface area contributed by atoms with Crippen molar-refractivity contribution in [2.75, 3.05) is 0 Å². The SMILES string of the molecule is C=C/C=C(\C)C(O)=CC(N)=O. The summed E-state index contributed by atoms with van der Waals surface area (Å²) in [7, 11) is 0. The number of aliphatic hydroxyl groups excluding tert-OH is 1. The zero-order valence-corrected chi connectivity index (χ0v) is 6.37. The maximum Gasteiger partial charge on any atom is 0.245 e. The van der Waals surface area contributed by atoms with Crippen LogP contribution in [0.1, 0.15) is 6.92 Å². The number of nitrogens with two attached hydrogens (primary N) is 1. The minimum atomic E-state index is -0.667. The zero-order chi connectivity index (χ0) is 8.85. The normalized spacial score (nSPS) is 12.8. The lowest BCUT2D eigenvalue weighted by molar-refractivity contribution is -0.113. The second-order valence-corrected chi connectivity index (χ2v) is 2.02. The fourth-order valence-electron chi connectivity index (χ4n) is 0.511. The molecule has 60 valence electrons. The number of carbonyl (C=O) groups is 1. The summed E-state index contributed by atoms with van der Waals surface area (Å²) in [6.07, 6.45) is 4.05. The summed E-state index contributed by atoms with van der Waals surface area (Å²) < 4.78 is 0. The van der Waals surface area contributed by atoms with E-state index < -0.39 is 5.91 Å². The van der Waals surface area contributed by atoms with E-state index >= 15 is 0 Å². The van der Waals surface area contributed by atoms with Crippen LogP contribution in [0, 0.1) is 0 Å². The molecule has 0 spiro atoms. The van der Waals surface area contributed by atoms with Gasteiger partial charge in [0.15, 0.2) is 0 Å². The van der Waals surface area contributed by atoms with Crippen molar-refractivity contribution in [3.8, 4) is 0 Å². The van der Waals surface area contributed by atoms with Crippen LogP contribution in [0.25, 0.3) is 0 Å². The van der Waals surface area contributed by atoms with Crippen LogP contribution in [0.3, 0.4) is 0 Å². The molecular weight excluding hydrogens is 142 g/mol. The molecule has 11 heavy (non-hydrogen) atoms. The maximum absolute atomic E-state index is 10.3. The third-order valence-electron chi connectivity index (χ3n) is 1.05. The molecular formula is C8H11NO2. The molecule has 0 aromatic rings. The molecule has 3 heteroatoms. The molecule has 0 saturated carbocycles. The molecule has 0 aromatic heterocycles. The Morgan fingerprint density at radius 3 is 2.55 bits per heavy atom. The second-order valence-electron chi connectivity index (χ2n) is 2.02. The second kappa shape index (κ2) is 4.33. The third kappa shape index (κ3) is 3.97. The molecule has 0 fully saturated rings. The topological polar surface area (TPSA) is 63.3 Å². The number of hydrogen-bond donors (Lipinski definition) is 2. The van der Waals surface area contributed by atoms with Crippen molar-refractivity contribution in [2.45, 2.75) is 6.92 Å². The summed E-state index contributed by atoms with van der Waals surface area (Å²) in [5.74, 6) is -0.795. The lowest BCUT2D eigenvalue weighted by Gasteiger charge is -1.95. The van der Waals surface area contributed by atoms with Gasteiger partial charge in [0.1, 0.15) is 5.76 Å². The summed E-state index contributed by atoms with van der Waals surface area (Å²) in [6, 6.07) is 0. The van der Waals surface area contributed by atoms with Gasteiger partial charge in [-0.3, -0.25) is 4.79 Å². The Hall–Kier alpha value is -1.51. The molecule has 0 aliphatic heterocycles. The summed E-state index contributed by atoms with van der Waals surface area (Å²) in [5, 5.41) is 9.06. The van der Waals surface area contributed by atoms with E-state index in [0.29, 0.717) is 5.57 Å². The number of aliphatic hydroxyl groups is 1. The highest BCUT2D eigenvalue weighted by Gasteiger charge is 1.96. The van der Waals surface area contributed by atoms with Crippen LogP contribution < -0.4 is 5.73 Å². The number of allylic oxidation sites excluding steroid dienone is 3. The van der Waals surface area contributed by atoms with Gasteiger partial charge in [-0.1, -0.05) is 18.7 Å². The van der Waals surface area contributed by atoms with Gasteiger partial charge in [0.2, 0.25) is 5.91 Å². The smallest absolute Gasteiger partial charge is 0.245 e. The quantitative estimate of drug-likeness (QED) is 0.361. The van der Waals surface area contributed by atoms with Crippen molar-refractivity contribution >= 4 is 5.91 Å². The Morgan fingerprint density at radius 1 is 1.64 bits per heavy atom. The van der Waals surface area contributed by atoms with Gasteiger partial charge in [-0.25, -0.2) is 0 Å². The molecule has 3 N–H and O–H groups in total. The predicted octanol–water partition coefficient (Wildman–Crippen LogP) is 1.05. The highest BCUT2D eigenvalue weighted by molar-refractivity contribution is 5.86. The average Bonchev–Trinajstić information content (AvgIpc) is 1.86. The molecule has 0 saturated heterocycles. The zero-order valence-electron chi connectivity index (χ0n) is 6.37. The first-order valence-corrected chi connectivity index (χ1v) is 3.07. The van der Waals surface area contributed by atoms with Crippen LogP contribution in [-0.4, -0.2) is 11.0 Å². The van der Waals surface area contributed by atoms with Gasteiger partial charge in [0.05, 0.1) is 0 Å². The van der Waals surface area contributed by atoms with E-state index in [-0.39, 0.29) is 5.76 Å². The lowest BCUT2D eigenvalue weighted by Crippen LogP contribution is -2.07. The van der Waals surface area contributed by atoms with E-state index in [4.69, 9.17) is 10.8 Å². The number of amides is 1. The molecule has 3 nitrogen and oxygen atoms in total. The lowest BCUT2D eigenvalue weighted by atomic mass is 10.2.